The van der Waals surface area contributed by atoms with Crippen molar-refractivity contribution in [2.24, 2.45) is 5.92 Å². The number of carbonyl (C=O) groups is 2. The molecule has 1 heterocycles. The lowest BCUT2D eigenvalue weighted by molar-refractivity contribution is -0.135. The van der Waals surface area contributed by atoms with Gasteiger partial charge in [0.05, 0.1) is 11.5 Å². The van der Waals surface area contributed by atoms with Gasteiger partial charge in [0, 0.05) is 6.07 Å². The normalized spacial score (nSPS) is 17.6. The SMILES string of the molecule is O=C1/C(=C\C=C\c2ccccc2)Oc2cc(OC(=O)C3CC3)ccc21. The molecule has 0 atom stereocenters. The van der Waals surface area contributed by atoms with E-state index in [0.29, 0.717) is 17.1 Å². The van der Waals surface area contributed by atoms with Gasteiger partial charge < -0.3 is 9.47 Å². The molecule has 0 unspecified atom stereocenters. The summed E-state index contributed by atoms with van der Waals surface area (Å²) in [5, 5.41) is 0. The number of esters is 1. The van der Waals surface area contributed by atoms with Gasteiger partial charge >= 0.3 is 5.97 Å². The number of ether oxygens (including phenoxy) is 2. The molecule has 2 aromatic rings. The largest absolute Gasteiger partial charge is 0.452 e. The Kier molecular flexibility index (Phi) is 3.94. The monoisotopic (exact) mass is 332 g/mol. The Morgan fingerprint density at radius 1 is 1.12 bits per heavy atom. The summed E-state index contributed by atoms with van der Waals surface area (Å²) in [5.41, 5.74) is 1.52. The first-order valence-electron chi connectivity index (χ1n) is 8.22. The predicted octanol–water partition coefficient (Wildman–Crippen LogP) is 4.17. The second kappa shape index (κ2) is 6.40. The second-order valence-corrected chi connectivity index (χ2v) is 6.09. The van der Waals surface area contributed by atoms with Crippen LogP contribution >= 0.6 is 0 Å². The Morgan fingerprint density at radius 2 is 1.92 bits per heavy atom. The Bertz CT molecular complexity index is 889. The molecule has 124 valence electrons. The van der Waals surface area contributed by atoms with Gasteiger partial charge in [-0.2, -0.15) is 0 Å². The number of ketones is 1. The molecule has 4 nitrogen and oxygen atoms in total. The Balaban J connectivity index is 1.49. The molecule has 2 aliphatic rings. The van der Waals surface area contributed by atoms with Crippen LogP contribution in [-0.2, 0) is 4.79 Å². The molecule has 0 saturated heterocycles. The highest BCUT2D eigenvalue weighted by atomic mass is 16.5. The van der Waals surface area contributed by atoms with E-state index in [1.165, 1.54) is 0 Å². The molecule has 0 aromatic heterocycles. The van der Waals surface area contributed by atoms with Crippen molar-refractivity contribution in [2.75, 3.05) is 0 Å². The maximum atomic E-state index is 12.4. The van der Waals surface area contributed by atoms with E-state index >= 15 is 0 Å². The predicted molar refractivity (Wildman–Crippen MR) is 93.3 cm³/mol. The number of allylic oxidation sites excluding steroid dienone is 3. The van der Waals surface area contributed by atoms with Crippen LogP contribution < -0.4 is 9.47 Å². The van der Waals surface area contributed by atoms with Crippen LogP contribution in [0.2, 0.25) is 0 Å². The number of hydrogen-bond donors (Lipinski definition) is 0. The summed E-state index contributed by atoms with van der Waals surface area (Å²) < 4.78 is 10.9. The topological polar surface area (TPSA) is 52.6 Å². The molecule has 0 amide bonds. The lowest BCUT2D eigenvalue weighted by Gasteiger charge is -2.04. The second-order valence-electron chi connectivity index (χ2n) is 6.09. The van der Waals surface area contributed by atoms with E-state index in [1.54, 1.807) is 30.4 Å². The van der Waals surface area contributed by atoms with Crippen LogP contribution in [0.25, 0.3) is 6.08 Å². The highest BCUT2D eigenvalue weighted by Crippen LogP contribution is 2.36. The van der Waals surface area contributed by atoms with E-state index in [1.807, 2.05) is 36.4 Å². The summed E-state index contributed by atoms with van der Waals surface area (Å²) in [7, 11) is 0. The van der Waals surface area contributed by atoms with Gasteiger partial charge in [-0.3, -0.25) is 9.59 Å². The Morgan fingerprint density at radius 3 is 2.68 bits per heavy atom. The van der Waals surface area contributed by atoms with Crippen molar-refractivity contribution in [3.8, 4) is 11.5 Å². The molecule has 1 aliphatic heterocycles. The molecular weight excluding hydrogens is 316 g/mol. The third-order valence-corrected chi connectivity index (χ3v) is 4.11. The van der Waals surface area contributed by atoms with E-state index in [-0.39, 0.29) is 23.4 Å². The molecule has 0 spiro atoms. The van der Waals surface area contributed by atoms with Gasteiger partial charge in [-0.25, -0.2) is 0 Å². The van der Waals surface area contributed by atoms with Crippen LogP contribution in [0.3, 0.4) is 0 Å². The van der Waals surface area contributed by atoms with Gasteiger partial charge in [-0.15, -0.1) is 0 Å². The quantitative estimate of drug-likeness (QED) is 0.479. The molecule has 0 radical (unpaired) electrons. The number of fused-ring (bicyclic) bond motifs is 1. The van der Waals surface area contributed by atoms with Crippen molar-refractivity contribution in [3.63, 3.8) is 0 Å². The number of hydrogen-bond acceptors (Lipinski definition) is 4. The van der Waals surface area contributed by atoms with E-state index in [4.69, 9.17) is 9.47 Å². The van der Waals surface area contributed by atoms with Crippen molar-refractivity contribution in [3.05, 3.63) is 77.6 Å². The summed E-state index contributed by atoms with van der Waals surface area (Å²) >= 11 is 0. The number of rotatable bonds is 4. The number of Topliss-reactive ketones (excluding diaryl/α,β-unsaturated/α-hetero) is 1. The minimum atomic E-state index is -0.217. The standard InChI is InChI=1S/C21H16O4/c22-20-17-12-11-16(24-21(23)15-9-10-15)13-19(17)25-18(20)8-4-7-14-5-2-1-3-6-14/h1-8,11-13,15H,9-10H2/b7-4+,18-8+. The van der Waals surface area contributed by atoms with E-state index in [9.17, 15) is 9.59 Å². The van der Waals surface area contributed by atoms with Crippen LogP contribution in [0.4, 0.5) is 0 Å². The lowest BCUT2D eigenvalue weighted by Crippen LogP contribution is -2.09. The highest BCUT2D eigenvalue weighted by molar-refractivity contribution is 6.12. The Labute approximate surface area is 145 Å². The first-order valence-corrected chi connectivity index (χ1v) is 8.22. The average molecular weight is 332 g/mol. The zero-order valence-corrected chi connectivity index (χ0v) is 13.5. The first kappa shape index (κ1) is 15.4. The summed E-state index contributed by atoms with van der Waals surface area (Å²) in [6, 6.07) is 14.6. The first-order chi connectivity index (χ1) is 12.2. The van der Waals surface area contributed by atoms with Crippen LogP contribution in [0.15, 0.2) is 66.4 Å². The van der Waals surface area contributed by atoms with Crippen LogP contribution in [-0.4, -0.2) is 11.8 Å². The van der Waals surface area contributed by atoms with Gasteiger partial charge in [0.15, 0.2) is 5.76 Å². The minimum absolute atomic E-state index is 0.0226. The van der Waals surface area contributed by atoms with E-state index in [2.05, 4.69) is 0 Å². The molecule has 25 heavy (non-hydrogen) atoms. The average Bonchev–Trinajstić information content (AvgIpc) is 3.42. The van der Waals surface area contributed by atoms with Crippen LogP contribution in [0.1, 0.15) is 28.8 Å². The zero-order chi connectivity index (χ0) is 17.2. The third-order valence-electron chi connectivity index (χ3n) is 4.11. The molecular formula is C21H16O4. The minimum Gasteiger partial charge on any atom is -0.452 e. The fraction of sp³-hybridized carbons (Fsp3) is 0.143. The third kappa shape index (κ3) is 3.38. The van der Waals surface area contributed by atoms with Crippen LogP contribution in [0.5, 0.6) is 11.5 Å². The number of benzene rings is 2. The maximum absolute atomic E-state index is 12.4. The summed E-state index contributed by atoms with van der Waals surface area (Å²) in [6.45, 7) is 0. The summed E-state index contributed by atoms with van der Waals surface area (Å²) in [6.07, 6.45) is 7.10. The zero-order valence-electron chi connectivity index (χ0n) is 13.5. The fourth-order valence-corrected chi connectivity index (χ4v) is 2.57. The van der Waals surface area contributed by atoms with Crippen molar-refractivity contribution >= 4 is 17.8 Å². The van der Waals surface area contributed by atoms with Crippen molar-refractivity contribution < 1.29 is 19.1 Å². The van der Waals surface area contributed by atoms with Crippen molar-refractivity contribution in [1.29, 1.82) is 0 Å². The molecule has 1 aliphatic carbocycles. The van der Waals surface area contributed by atoms with Gasteiger partial charge in [0.25, 0.3) is 0 Å². The maximum Gasteiger partial charge on any atom is 0.314 e. The summed E-state index contributed by atoms with van der Waals surface area (Å²) in [4.78, 5) is 24.1. The molecule has 1 fully saturated rings. The smallest absolute Gasteiger partial charge is 0.314 e. The summed E-state index contributed by atoms with van der Waals surface area (Å²) in [5.74, 6) is 0.718. The molecule has 1 saturated carbocycles. The van der Waals surface area contributed by atoms with E-state index < -0.39 is 0 Å². The highest BCUT2D eigenvalue weighted by Gasteiger charge is 2.32. The van der Waals surface area contributed by atoms with Gasteiger partial charge in [0.1, 0.15) is 11.5 Å². The van der Waals surface area contributed by atoms with Gasteiger partial charge in [-0.05, 0) is 36.6 Å². The van der Waals surface area contributed by atoms with E-state index in [0.717, 1.165) is 18.4 Å². The fourth-order valence-electron chi connectivity index (χ4n) is 2.57. The Hall–Kier alpha value is -3.14. The molecule has 2 aromatic carbocycles. The van der Waals surface area contributed by atoms with Crippen LogP contribution in [0, 0.1) is 5.92 Å². The van der Waals surface area contributed by atoms with Gasteiger partial charge in [-0.1, -0.05) is 42.5 Å². The lowest BCUT2D eigenvalue weighted by atomic mass is 10.1. The van der Waals surface area contributed by atoms with Crippen molar-refractivity contribution in [1.82, 2.24) is 0 Å². The van der Waals surface area contributed by atoms with Crippen molar-refractivity contribution in [2.45, 2.75) is 12.8 Å². The van der Waals surface area contributed by atoms with Gasteiger partial charge in [0.2, 0.25) is 5.78 Å². The molecule has 4 heteroatoms. The molecule has 4 rings (SSSR count). The molecule has 0 bridgehead atoms. The number of carbonyl (C=O) groups excluding carboxylic acids is 2. The molecule has 0 N–H and O–H groups in total.